The Morgan fingerprint density at radius 2 is 1.80 bits per heavy atom. The molecule has 5 heteroatoms. The van der Waals surface area contributed by atoms with E-state index in [0.717, 1.165) is 41.1 Å². The smallest absolute Gasteiger partial charge is 0.224 e. The van der Waals surface area contributed by atoms with Gasteiger partial charge < -0.3 is 10.6 Å². The quantitative estimate of drug-likeness (QED) is 0.529. The van der Waals surface area contributed by atoms with E-state index in [0.29, 0.717) is 5.95 Å². The van der Waals surface area contributed by atoms with Crippen molar-refractivity contribution in [2.45, 2.75) is 19.8 Å². The van der Waals surface area contributed by atoms with E-state index < -0.39 is 0 Å². The van der Waals surface area contributed by atoms with Gasteiger partial charge in [0.1, 0.15) is 5.82 Å². The Kier molecular flexibility index (Phi) is 6.01. The molecule has 0 aliphatic carbocycles. The molecule has 25 heavy (non-hydrogen) atoms. The number of benzene rings is 2. The highest BCUT2D eigenvalue weighted by Gasteiger charge is 2.03. The molecule has 0 saturated heterocycles. The Balaban J connectivity index is 1.57. The van der Waals surface area contributed by atoms with E-state index >= 15 is 0 Å². The van der Waals surface area contributed by atoms with Crippen LogP contribution in [0.15, 0.2) is 65.1 Å². The summed E-state index contributed by atoms with van der Waals surface area (Å²) in [5.41, 5.74) is 3.27. The molecule has 1 aromatic heterocycles. The number of rotatable bonds is 7. The van der Waals surface area contributed by atoms with Crippen LogP contribution in [0.25, 0.3) is 0 Å². The topological polar surface area (TPSA) is 49.8 Å². The van der Waals surface area contributed by atoms with Gasteiger partial charge in [-0.2, -0.15) is 4.98 Å². The fourth-order valence-corrected chi connectivity index (χ4v) is 2.96. The summed E-state index contributed by atoms with van der Waals surface area (Å²) in [6.07, 6.45) is 2.08. The SMILES string of the molecule is Cc1cc(Nc2cccc(Br)c2)nc(NCCCc2ccccc2)n1. The van der Waals surface area contributed by atoms with Crippen molar-refractivity contribution in [2.75, 3.05) is 17.2 Å². The Labute approximate surface area is 156 Å². The van der Waals surface area contributed by atoms with E-state index in [1.807, 2.05) is 43.3 Å². The van der Waals surface area contributed by atoms with Crippen LogP contribution in [0.4, 0.5) is 17.5 Å². The first-order valence-corrected chi connectivity index (χ1v) is 9.14. The fourth-order valence-electron chi connectivity index (χ4n) is 2.56. The summed E-state index contributed by atoms with van der Waals surface area (Å²) in [5, 5.41) is 6.64. The molecule has 4 nitrogen and oxygen atoms in total. The lowest BCUT2D eigenvalue weighted by atomic mass is 10.1. The van der Waals surface area contributed by atoms with Gasteiger partial charge in [0, 0.05) is 28.5 Å². The molecule has 0 aliphatic heterocycles. The van der Waals surface area contributed by atoms with Gasteiger partial charge in [-0.05, 0) is 43.5 Å². The largest absolute Gasteiger partial charge is 0.354 e. The monoisotopic (exact) mass is 396 g/mol. The molecule has 0 radical (unpaired) electrons. The highest BCUT2D eigenvalue weighted by molar-refractivity contribution is 9.10. The van der Waals surface area contributed by atoms with Gasteiger partial charge in [-0.1, -0.05) is 52.3 Å². The van der Waals surface area contributed by atoms with Crippen LogP contribution in [-0.2, 0) is 6.42 Å². The van der Waals surface area contributed by atoms with Crippen molar-refractivity contribution in [1.82, 2.24) is 9.97 Å². The molecule has 0 unspecified atom stereocenters. The first-order valence-electron chi connectivity index (χ1n) is 8.35. The molecular formula is C20H21BrN4. The normalized spacial score (nSPS) is 10.5. The van der Waals surface area contributed by atoms with Crippen molar-refractivity contribution >= 4 is 33.4 Å². The van der Waals surface area contributed by atoms with E-state index in [2.05, 4.69) is 60.8 Å². The first kappa shape index (κ1) is 17.4. The molecule has 0 aliphatic rings. The standard InChI is InChI=1S/C20H21BrN4/c1-15-13-19(24-18-11-5-10-17(21)14-18)25-20(23-15)22-12-6-9-16-7-3-2-4-8-16/h2-5,7-8,10-11,13-14H,6,9,12H2,1H3,(H2,22,23,24,25). The molecule has 0 fully saturated rings. The number of aromatic nitrogens is 2. The summed E-state index contributed by atoms with van der Waals surface area (Å²) in [6.45, 7) is 2.82. The lowest BCUT2D eigenvalue weighted by molar-refractivity contribution is 0.851. The Morgan fingerprint density at radius 1 is 0.960 bits per heavy atom. The predicted octanol–water partition coefficient (Wildman–Crippen LogP) is 5.34. The maximum absolute atomic E-state index is 4.55. The second-order valence-electron chi connectivity index (χ2n) is 5.87. The van der Waals surface area contributed by atoms with Crippen molar-refractivity contribution < 1.29 is 0 Å². The van der Waals surface area contributed by atoms with Crippen molar-refractivity contribution in [3.8, 4) is 0 Å². The highest BCUT2D eigenvalue weighted by atomic mass is 79.9. The van der Waals surface area contributed by atoms with Crippen LogP contribution in [0.1, 0.15) is 17.7 Å². The fraction of sp³-hybridized carbons (Fsp3) is 0.200. The average molecular weight is 397 g/mol. The number of nitrogens with one attached hydrogen (secondary N) is 2. The number of aryl methyl sites for hydroxylation is 2. The zero-order chi connectivity index (χ0) is 17.5. The summed E-state index contributed by atoms with van der Waals surface area (Å²) in [6, 6.07) is 20.5. The third kappa shape index (κ3) is 5.57. The zero-order valence-corrected chi connectivity index (χ0v) is 15.8. The maximum Gasteiger partial charge on any atom is 0.224 e. The summed E-state index contributed by atoms with van der Waals surface area (Å²) in [4.78, 5) is 9.02. The van der Waals surface area contributed by atoms with E-state index in [1.165, 1.54) is 5.56 Å². The van der Waals surface area contributed by atoms with Gasteiger partial charge in [0.25, 0.3) is 0 Å². The molecule has 0 bridgehead atoms. The van der Waals surface area contributed by atoms with Crippen LogP contribution in [0.2, 0.25) is 0 Å². The lowest BCUT2D eigenvalue weighted by Gasteiger charge is -2.10. The van der Waals surface area contributed by atoms with Gasteiger partial charge in [0.15, 0.2) is 0 Å². The molecule has 0 saturated carbocycles. The second-order valence-corrected chi connectivity index (χ2v) is 6.79. The van der Waals surface area contributed by atoms with Crippen LogP contribution in [0.5, 0.6) is 0 Å². The molecule has 3 aromatic rings. The van der Waals surface area contributed by atoms with E-state index in [4.69, 9.17) is 0 Å². The Morgan fingerprint density at radius 3 is 2.60 bits per heavy atom. The van der Waals surface area contributed by atoms with E-state index in [1.54, 1.807) is 0 Å². The number of halogens is 1. The zero-order valence-electron chi connectivity index (χ0n) is 14.2. The first-order chi connectivity index (χ1) is 12.2. The van der Waals surface area contributed by atoms with Gasteiger partial charge in [-0.3, -0.25) is 0 Å². The van der Waals surface area contributed by atoms with Crippen LogP contribution >= 0.6 is 15.9 Å². The van der Waals surface area contributed by atoms with Crippen LogP contribution in [0, 0.1) is 6.92 Å². The Bertz CT molecular complexity index is 821. The van der Waals surface area contributed by atoms with Crippen LogP contribution in [0.3, 0.4) is 0 Å². The minimum atomic E-state index is 0.658. The Hall–Kier alpha value is -2.40. The van der Waals surface area contributed by atoms with Crippen LogP contribution < -0.4 is 10.6 Å². The molecule has 0 spiro atoms. The minimum Gasteiger partial charge on any atom is -0.354 e. The van der Waals surface area contributed by atoms with Gasteiger partial charge >= 0.3 is 0 Å². The predicted molar refractivity (Wildman–Crippen MR) is 107 cm³/mol. The third-order valence-electron chi connectivity index (χ3n) is 3.72. The van der Waals surface area contributed by atoms with E-state index in [9.17, 15) is 0 Å². The van der Waals surface area contributed by atoms with Gasteiger partial charge in [0.2, 0.25) is 5.95 Å². The average Bonchev–Trinajstić information content (AvgIpc) is 2.59. The molecule has 0 amide bonds. The molecule has 2 N–H and O–H groups in total. The van der Waals surface area contributed by atoms with Crippen molar-refractivity contribution in [1.29, 1.82) is 0 Å². The summed E-state index contributed by atoms with van der Waals surface area (Å²) >= 11 is 3.48. The lowest BCUT2D eigenvalue weighted by Crippen LogP contribution is -2.08. The third-order valence-corrected chi connectivity index (χ3v) is 4.21. The number of nitrogens with zero attached hydrogens (tertiary/aromatic N) is 2. The van der Waals surface area contributed by atoms with Crippen molar-refractivity contribution in [3.63, 3.8) is 0 Å². The maximum atomic E-state index is 4.55. The molecule has 128 valence electrons. The molecule has 2 aromatic carbocycles. The molecular weight excluding hydrogens is 376 g/mol. The van der Waals surface area contributed by atoms with Crippen molar-refractivity contribution in [2.24, 2.45) is 0 Å². The van der Waals surface area contributed by atoms with Gasteiger partial charge in [-0.15, -0.1) is 0 Å². The minimum absolute atomic E-state index is 0.658. The number of hydrogen-bond acceptors (Lipinski definition) is 4. The van der Waals surface area contributed by atoms with E-state index in [-0.39, 0.29) is 0 Å². The highest BCUT2D eigenvalue weighted by Crippen LogP contribution is 2.20. The van der Waals surface area contributed by atoms with Crippen molar-refractivity contribution in [3.05, 3.63) is 76.4 Å². The molecule has 3 rings (SSSR count). The van der Waals surface area contributed by atoms with Crippen LogP contribution in [-0.4, -0.2) is 16.5 Å². The summed E-state index contributed by atoms with van der Waals surface area (Å²) < 4.78 is 1.03. The molecule has 1 heterocycles. The summed E-state index contributed by atoms with van der Waals surface area (Å²) in [7, 11) is 0. The number of hydrogen-bond donors (Lipinski definition) is 2. The number of anilines is 3. The summed E-state index contributed by atoms with van der Waals surface area (Å²) in [5.74, 6) is 1.45. The second kappa shape index (κ2) is 8.62. The molecule has 0 atom stereocenters. The van der Waals surface area contributed by atoms with Gasteiger partial charge in [0.05, 0.1) is 0 Å². The van der Waals surface area contributed by atoms with Gasteiger partial charge in [-0.25, -0.2) is 4.98 Å².